The minimum Gasteiger partial charge on any atom is -0.368 e. The van der Waals surface area contributed by atoms with E-state index in [1.807, 2.05) is 0 Å². The Morgan fingerprint density at radius 3 is 3.00 bits per heavy atom. The first-order valence-corrected chi connectivity index (χ1v) is 5.69. The van der Waals surface area contributed by atoms with Crippen LogP contribution in [0.25, 0.3) is 0 Å². The van der Waals surface area contributed by atoms with Crippen LogP contribution in [0.5, 0.6) is 0 Å². The van der Waals surface area contributed by atoms with Crippen LogP contribution in [0.2, 0.25) is 0 Å². The van der Waals surface area contributed by atoms with E-state index in [0.29, 0.717) is 15.9 Å². The molecule has 0 spiro atoms. The van der Waals surface area contributed by atoms with Gasteiger partial charge in [-0.3, -0.25) is 0 Å². The summed E-state index contributed by atoms with van der Waals surface area (Å²) in [6.07, 6.45) is 5.99. The van der Waals surface area contributed by atoms with Crippen molar-refractivity contribution < 1.29 is 4.74 Å². The molecule has 1 aliphatic heterocycles. The number of hydrogen-bond acceptors (Lipinski definition) is 1. The van der Waals surface area contributed by atoms with Gasteiger partial charge in [0.25, 0.3) is 0 Å². The van der Waals surface area contributed by atoms with Gasteiger partial charge in [0.2, 0.25) is 0 Å². The van der Waals surface area contributed by atoms with Crippen LogP contribution in [0.4, 0.5) is 0 Å². The van der Waals surface area contributed by atoms with Gasteiger partial charge in [0, 0.05) is 6.61 Å². The summed E-state index contributed by atoms with van der Waals surface area (Å²) >= 11 is 0. The lowest BCUT2D eigenvalue weighted by molar-refractivity contribution is 0.173. The molecule has 0 aromatic carbocycles. The third-order valence-corrected chi connectivity index (χ3v) is 3.79. The van der Waals surface area contributed by atoms with Crippen LogP contribution in [0.3, 0.4) is 0 Å². The van der Waals surface area contributed by atoms with E-state index >= 15 is 0 Å². The molecule has 1 aliphatic rings. The van der Waals surface area contributed by atoms with Crippen molar-refractivity contribution in [2.45, 2.75) is 31.6 Å². The minimum absolute atomic E-state index is 0.407. The SMILES string of the molecule is CCC=S(C)C1CCCO1. The molecular formula is C8H16OS. The van der Waals surface area contributed by atoms with Crippen LogP contribution in [0.1, 0.15) is 26.2 Å². The molecule has 0 aromatic rings. The highest BCUT2D eigenvalue weighted by molar-refractivity contribution is 8.14. The summed E-state index contributed by atoms with van der Waals surface area (Å²) in [6, 6.07) is 0. The predicted molar refractivity (Wildman–Crippen MR) is 48.8 cm³/mol. The van der Waals surface area contributed by atoms with Crippen LogP contribution in [-0.2, 0) is 4.74 Å². The van der Waals surface area contributed by atoms with E-state index in [2.05, 4.69) is 18.5 Å². The molecule has 1 nitrogen and oxygen atoms in total. The van der Waals surface area contributed by atoms with Crippen LogP contribution >= 0.6 is 10.5 Å². The van der Waals surface area contributed by atoms with Crippen molar-refractivity contribution in [2.24, 2.45) is 0 Å². The molecule has 0 amide bonds. The quantitative estimate of drug-likeness (QED) is 0.563. The summed E-state index contributed by atoms with van der Waals surface area (Å²) in [5.74, 6) is 0. The van der Waals surface area contributed by atoms with E-state index in [-0.39, 0.29) is 0 Å². The molecule has 2 heteroatoms. The maximum absolute atomic E-state index is 5.55. The Balaban J connectivity index is 2.39. The third-order valence-electron chi connectivity index (χ3n) is 1.73. The van der Waals surface area contributed by atoms with E-state index in [1.165, 1.54) is 19.3 Å². The highest BCUT2D eigenvalue weighted by atomic mass is 32.2. The Kier molecular flexibility index (Phi) is 3.43. The zero-order valence-corrected chi connectivity index (χ0v) is 7.62. The van der Waals surface area contributed by atoms with Gasteiger partial charge < -0.3 is 4.74 Å². The maximum Gasteiger partial charge on any atom is 0.0976 e. The van der Waals surface area contributed by atoms with Crippen molar-refractivity contribution in [1.29, 1.82) is 0 Å². The van der Waals surface area contributed by atoms with E-state index in [9.17, 15) is 0 Å². The molecule has 1 fully saturated rings. The topological polar surface area (TPSA) is 9.23 Å². The number of ether oxygens (including phenoxy) is 1. The molecule has 2 unspecified atom stereocenters. The van der Waals surface area contributed by atoms with Crippen molar-refractivity contribution in [3.63, 3.8) is 0 Å². The second-order valence-electron chi connectivity index (χ2n) is 2.62. The van der Waals surface area contributed by atoms with Crippen LogP contribution < -0.4 is 0 Å². The molecule has 1 saturated heterocycles. The highest BCUT2D eigenvalue weighted by Crippen LogP contribution is 2.26. The van der Waals surface area contributed by atoms with Crippen LogP contribution in [0.15, 0.2) is 0 Å². The molecule has 10 heavy (non-hydrogen) atoms. The predicted octanol–water partition coefficient (Wildman–Crippen LogP) is 2.23. The summed E-state index contributed by atoms with van der Waals surface area (Å²) in [5, 5.41) is 2.37. The summed E-state index contributed by atoms with van der Waals surface area (Å²) in [4.78, 5) is 0. The van der Waals surface area contributed by atoms with E-state index in [0.717, 1.165) is 6.61 Å². The Labute approximate surface area is 65.7 Å². The van der Waals surface area contributed by atoms with Gasteiger partial charge in [0.15, 0.2) is 0 Å². The van der Waals surface area contributed by atoms with Crippen molar-refractivity contribution in [3.05, 3.63) is 0 Å². The smallest absolute Gasteiger partial charge is 0.0976 e. The highest BCUT2D eigenvalue weighted by Gasteiger charge is 2.15. The molecule has 0 aromatic heterocycles. The van der Waals surface area contributed by atoms with Gasteiger partial charge in [-0.1, -0.05) is 12.3 Å². The zero-order chi connectivity index (χ0) is 7.40. The summed E-state index contributed by atoms with van der Waals surface area (Å²) in [7, 11) is 0.407. The summed E-state index contributed by atoms with van der Waals surface area (Å²) < 4.78 is 5.55. The number of hydrogen-bond donors (Lipinski definition) is 0. The molecule has 0 saturated carbocycles. The summed E-state index contributed by atoms with van der Waals surface area (Å²) in [6.45, 7) is 3.18. The molecule has 0 bridgehead atoms. The summed E-state index contributed by atoms with van der Waals surface area (Å²) in [5.41, 5.74) is 0.556. The first kappa shape index (κ1) is 8.28. The Hall–Kier alpha value is 0.180. The monoisotopic (exact) mass is 160 g/mol. The molecule has 0 radical (unpaired) electrons. The van der Waals surface area contributed by atoms with Crippen LogP contribution in [-0.4, -0.2) is 23.7 Å². The molecule has 60 valence electrons. The lowest BCUT2D eigenvalue weighted by atomic mass is 10.4. The largest absolute Gasteiger partial charge is 0.368 e. The fourth-order valence-corrected chi connectivity index (χ4v) is 2.80. The van der Waals surface area contributed by atoms with Crippen molar-refractivity contribution >= 4 is 15.9 Å². The van der Waals surface area contributed by atoms with Crippen LogP contribution in [0, 0.1) is 0 Å². The molecule has 1 heterocycles. The van der Waals surface area contributed by atoms with E-state index in [1.54, 1.807) is 0 Å². The fourth-order valence-electron chi connectivity index (χ4n) is 1.21. The van der Waals surface area contributed by atoms with Gasteiger partial charge in [0.1, 0.15) is 0 Å². The van der Waals surface area contributed by atoms with Gasteiger partial charge in [-0.25, -0.2) is 0 Å². The van der Waals surface area contributed by atoms with Crippen molar-refractivity contribution in [3.8, 4) is 0 Å². The van der Waals surface area contributed by atoms with Gasteiger partial charge in [0.05, 0.1) is 5.44 Å². The Morgan fingerprint density at radius 1 is 1.70 bits per heavy atom. The third kappa shape index (κ3) is 2.10. The average Bonchev–Trinajstić information content (AvgIpc) is 2.38. The van der Waals surface area contributed by atoms with Gasteiger partial charge in [-0.2, -0.15) is 10.5 Å². The fraction of sp³-hybridized carbons (Fsp3) is 0.875. The molecule has 2 atom stereocenters. The van der Waals surface area contributed by atoms with E-state index in [4.69, 9.17) is 4.74 Å². The minimum atomic E-state index is 0.407. The lowest BCUT2D eigenvalue weighted by Crippen LogP contribution is -2.00. The molecular weight excluding hydrogens is 144 g/mol. The van der Waals surface area contributed by atoms with Gasteiger partial charge in [-0.05, 0) is 25.5 Å². The average molecular weight is 160 g/mol. The molecule has 0 aliphatic carbocycles. The standard InChI is InChI=1S/C8H16OS/c1-3-7-10(2)8-5-4-6-9-8/h7-8H,3-6H2,1-2H3. The second kappa shape index (κ2) is 4.14. The molecule has 1 rings (SSSR count). The Bertz CT molecular complexity index is 125. The van der Waals surface area contributed by atoms with Gasteiger partial charge in [-0.15, -0.1) is 0 Å². The van der Waals surface area contributed by atoms with E-state index < -0.39 is 0 Å². The normalized spacial score (nSPS) is 29.2. The first-order chi connectivity index (χ1) is 4.84. The first-order valence-electron chi connectivity index (χ1n) is 3.93. The molecule has 0 N–H and O–H groups in total. The Morgan fingerprint density at radius 2 is 2.50 bits per heavy atom. The maximum atomic E-state index is 5.55. The number of rotatable bonds is 2. The van der Waals surface area contributed by atoms with Crippen molar-refractivity contribution in [1.82, 2.24) is 0 Å². The van der Waals surface area contributed by atoms with Gasteiger partial charge >= 0.3 is 0 Å². The van der Waals surface area contributed by atoms with Crippen molar-refractivity contribution in [2.75, 3.05) is 12.9 Å². The zero-order valence-electron chi connectivity index (χ0n) is 6.80. The second-order valence-corrected chi connectivity index (χ2v) is 4.70. The lowest BCUT2D eigenvalue weighted by Gasteiger charge is -2.10.